The van der Waals surface area contributed by atoms with E-state index in [1.54, 1.807) is 0 Å². The quantitative estimate of drug-likeness (QED) is 0.788. The van der Waals surface area contributed by atoms with Gasteiger partial charge >= 0.3 is 0 Å². The zero-order valence-corrected chi connectivity index (χ0v) is 12.0. The summed E-state index contributed by atoms with van der Waals surface area (Å²) in [6.07, 6.45) is 3.18. The Kier molecular flexibility index (Phi) is 4.24. The Balaban J connectivity index is 2.25. The lowest BCUT2D eigenvalue weighted by Crippen LogP contribution is -2.47. The molecule has 0 spiro atoms. The number of aliphatic hydroxyl groups is 1. The van der Waals surface area contributed by atoms with E-state index in [2.05, 4.69) is 10.2 Å². The fourth-order valence-corrected chi connectivity index (χ4v) is 3.94. The molecule has 1 aliphatic heterocycles. The molecule has 7 nitrogen and oxygen atoms in total. The second kappa shape index (κ2) is 5.58. The normalized spacial score (nSPS) is 22.0. The van der Waals surface area contributed by atoms with Gasteiger partial charge in [-0.1, -0.05) is 0 Å². The summed E-state index contributed by atoms with van der Waals surface area (Å²) in [5.74, 6) is 0. The highest BCUT2D eigenvalue weighted by Gasteiger charge is 2.33. The Labute approximate surface area is 113 Å². The largest absolute Gasteiger partial charge is 0.392 e. The van der Waals surface area contributed by atoms with Gasteiger partial charge in [-0.15, -0.1) is 0 Å². The smallest absolute Gasteiger partial charge is 0.260 e. The number of nitrogens with zero attached hydrogens (tertiary/aromatic N) is 3. The van der Waals surface area contributed by atoms with Gasteiger partial charge < -0.3 is 10.0 Å². The maximum atomic E-state index is 12.5. The molecule has 1 unspecified atom stereocenters. The summed E-state index contributed by atoms with van der Waals surface area (Å²) >= 11 is 0. The van der Waals surface area contributed by atoms with E-state index in [0.29, 0.717) is 18.7 Å². The van der Waals surface area contributed by atoms with Crippen LogP contribution in [0.1, 0.15) is 18.4 Å². The number of hydrogen-bond donors (Lipinski definition) is 2. The molecule has 2 N–H and O–H groups in total. The van der Waals surface area contributed by atoms with Crippen LogP contribution in [0.3, 0.4) is 0 Å². The van der Waals surface area contributed by atoms with Crippen molar-refractivity contribution in [3.63, 3.8) is 0 Å². The van der Waals surface area contributed by atoms with E-state index in [9.17, 15) is 8.42 Å². The van der Waals surface area contributed by atoms with E-state index in [0.717, 1.165) is 12.8 Å². The topological polar surface area (TPSA) is 89.5 Å². The monoisotopic (exact) mass is 288 g/mol. The lowest BCUT2D eigenvalue weighted by molar-refractivity contribution is 0.190. The number of sulfonamides is 1. The van der Waals surface area contributed by atoms with Crippen molar-refractivity contribution in [2.75, 3.05) is 27.2 Å². The molecule has 108 valence electrons. The lowest BCUT2D eigenvalue weighted by Gasteiger charge is -2.35. The van der Waals surface area contributed by atoms with Gasteiger partial charge in [0.25, 0.3) is 10.0 Å². The van der Waals surface area contributed by atoms with Crippen molar-refractivity contribution in [1.82, 2.24) is 19.4 Å². The Bertz CT molecular complexity index is 526. The molecule has 1 aliphatic rings. The Morgan fingerprint density at radius 1 is 1.58 bits per heavy atom. The van der Waals surface area contributed by atoms with Crippen molar-refractivity contribution >= 4 is 10.0 Å². The molecule has 2 rings (SSSR count). The standard InChI is InChI=1S/C11H20N4O3S/c1-14(2)10-4-3-5-15(7-10)19(17,18)11-9(8-16)6-12-13-11/h6,10,16H,3-5,7-8H2,1-2H3,(H,12,13). The summed E-state index contributed by atoms with van der Waals surface area (Å²) in [4.78, 5) is 2.04. The summed E-state index contributed by atoms with van der Waals surface area (Å²) < 4.78 is 26.5. The summed E-state index contributed by atoms with van der Waals surface area (Å²) in [5, 5.41) is 15.4. The van der Waals surface area contributed by atoms with Crippen LogP contribution < -0.4 is 0 Å². The van der Waals surface area contributed by atoms with Crippen LogP contribution in [0.2, 0.25) is 0 Å². The highest BCUT2D eigenvalue weighted by Crippen LogP contribution is 2.23. The van der Waals surface area contributed by atoms with E-state index < -0.39 is 10.0 Å². The Morgan fingerprint density at radius 2 is 2.32 bits per heavy atom. The van der Waals surface area contributed by atoms with Gasteiger partial charge in [0.15, 0.2) is 5.03 Å². The Morgan fingerprint density at radius 3 is 2.95 bits per heavy atom. The van der Waals surface area contributed by atoms with Gasteiger partial charge in [0, 0.05) is 24.7 Å². The van der Waals surface area contributed by atoms with Crippen molar-refractivity contribution in [2.24, 2.45) is 0 Å². The minimum Gasteiger partial charge on any atom is -0.392 e. The molecule has 1 fully saturated rings. The number of piperidine rings is 1. The third kappa shape index (κ3) is 2.81. The average Bonchev–Trinajstić information content (AvgIpc) is 2.88. The van der Waals surface area contributed by atoms with Crippen molar-refractivity contribution < 1.29 is 13.5 Å². The van der Waals surface area contributed by atoms with Crippen LogP contribution >= 0.6 is 0 Å². The van der Waals surface area contributed by atoms with E-state index in [1.807, 2.05) is 19.0 Å². The first kappa shape index (κ1) is 14.4. The number of nitrogens with one attached hydrogen (secondary N) is 1. The third-order valence-electron chi connectivity index (χ3n) is 3.54. The maximum absolute atomic E-state index is 12.5. The second-order valence-electron chi connectivity index (χ2n) is 5.01. The third-order valence-corrected chi connectivity index (χ3v) is 5.42. The Hall–Kier alpha value is -0.960. The number of rotatable bonds is 4. The number of aliphatic hydroxyl groups excluding tert-OH is 1. The highest BCUT2D eigenvalue weighted by molar-refractivity contribution is 7.89. The first-order chi connectivity index (χ1) is 8.96. The zero-order valence-electron chi connectivity index (χ0n) is 11.2. The molecule has 19 heavy (non-hydrogen) atoms. The van der Waals surface area contributed by atoms with E-state index in [4.69, 9.17) is 5.11 Å². The highest BCUT2D eigenvalue weighted by atomic mass is 32.2. The molecule has 0 bridgehead atoms. The molecule has 0 saturated carbocycles. The average molecular weight is 288 g/mol. The van der Waals surface area contributed by atoms with Gasteiger partial charge in [0.05, 0.1) is 12.8 Å². The summed E-state index contributed by atoms with van der Waals surface area (Å²) in [6.45, 7) is 0.645. The predicted octanol–water partition coefficient (Wildman–Crippen LogP) is -0.383. The van der Waals surface area contributed by atoms with Crippen LogP contribution in [0.15, 0.2) is 11.2 Å². The predicted molar refractivity (Wildman–Crippen MR) is 70.0 cm³/mol. The molecule has 1 atom stereocenters. The van der Waals surface area contributed by atoms with E-state index in [1.165, 1.54) is 10.5 Å². The number of H-pyrrole nitrogens is 1. The fraction of sp³-hybridized carbons (Fsp3) is 0.727. The van der Waals surface area contributed by atoms with Crippen LogP contribution in [0.4, 0.5) is 0 Å². The summed E-state index contributed by atoms with van der Waals surface area (Å²) in [5.41, 5.74) is 0.312. The molecular weight excluding hydrogens is 268 g/mol. The molecule has 1 aromatic heterocycles. The molecular formula is C11H20N4O3S. The van der Waals surface area contributed by atoms with Crippen molar-refractivity contribution in [3.8, 4) is 0 Å². The van der Waals surface area contributed by atoms with Crippen LogP contribution in [-0.2, 0) is 16.6 Å². The molecule has 0 aliphatic carbocycles. The maximum Gasteiger partial charge on any atom is 0.260 e. The SMILES string of the molecule is CN(C)C1CCCN(S(=O)(=O)c2[nH]ncc2CO)C1. The summed E-state index contributed by atoms with van der Waals surface area (Å²) in [6, 6.07) is 0.226. The van der Waals surface area contributed by atoms with Gasteiger partial charge in [-0.3, -0.25) is 5.10 Å². The first-order valence-electron chi connectivity index (χ1n) is 6.26. The van der Waals surface area contributed by atoms with Crippen molar-refractivity contribution in [1.29, 1.82) is 0 Å². The molecule has 0 amide bonds. The first-order valence-corrected chi connectivity index (χ1v) is 7.70. The number of likely N-dealkylation sites (N-methyl/N-ethyl adjacent to an activating group) is 1. The van der Waals surface area contributed by atoms with Gasteiger partial charge in [0.2, 0.25) is 0 Å². The lowest BCUT2D eigenvalue weighted by atomic mass is 10.1. The zero-order chi connectivity index (χ0) is 14.0. The van der Waals surface area contributed by atoms with E-state index >= 15 is 0 Å². The minimum atomic E-state index is -3.60. The van der Waals surface area contributed by atoms with Crippen molar-refractivity contribution in [2.45, 2.75) is 30.5 Å². The van der Waals surface area contributed by atoms with Crippen molar-refractivity contribution in [3.05, 3.63) is 11.8 Å². The number of hydrogen-bond acceptors (Lipinski definition) is 5. The van der Waals surface area contributed by atoms with Crippen LogP contribution in [-0.4, -0.2) is 66.2 Å². The van der Waals surface area contributed by atoms with E-state index in [-0.39, 0.29) is 17.7 Å². The van der Waals surface area contributed by atoms with Gasteiger partial charge in [0.1, 0.15) is 0 Å². The fourth-order valence-electron chi connectivity index (χ4n) is 2.33. The molecule has 0 aromatic carbocycles. The molecule has 1 saturated heterocycles. The minimum absolute atomic E-state index is 0.00871. The molecule has 0 radical (unpaired) electrons. The molecule has 1 aromatic rings. The van der Waals surface area contributed by atoms with Crippen LogP contribution in [0.25, 0.3) is 0 Å². The molecule has 2 heterocycles. The summed E-state index contributed by atoms with van der Waals surface area (Å²) in [7, 11) is 0.310. The van der Waals surface area contributed by atoms with Gasteiger partial charge in [-0.05, 0) is 26.9 Å². The molecule has 8 heteroatoms. The number of aromatic nitrogens is 2. The second-order valence-corrected chi connectivity index (χ2v) is 6.88. The number of aromatic amines is 1. The van der Waals surface area contributed by atoms with Gasteiger partial charge in [-0.25, -0.2) is 8.42 Å². The van der Waals surface area contributed by atoms with Crippen LogP contribution in [0.5, 0.6) is 0 Å². The van der Waals surface area contributed by atoms with Crippen LogP contribution in [0, 0.1) is 0 Å². The van der Waals surface area contributed by atoms with Gasteiger partial charge in [-0.2, -0.15) is 9.40 Å².